The van der Waals surface area contributed by atoms with Crippen molar-refractivity contribution in [2.24, 2.45) is 0 Å². The number of carbonyl (C=O) groups is 1. The molecule has 2 aromatic rings. The topological polar surface area (TPSA) is 58.1 Å². The Kier molecular flexibility index (Phi) is 5.30. The van der Waals surface area contributed by atoms with Gasteiger partial charge in [-0.2, -0.15) is 0 Å². The fourth-order valence-electron chi connectivity index (χ4n) is 2.02. The van der Waals surface area contributed by atoms with Gasteiger partial charge in [0, 0.05) is 18.3 Å². The number of aromatic nitrogens is 2. The third-order valence-electron chi connectivity index (χ3n) is 3.31. The lowest BCUT2D eigenvalue weighted by Gasteiger charge is -2.20. The van der Waals surface area contributed by atoms with Crippen LogP contribution in [-0.2, 0) is 4.79 Å². The van der Waals surface area contributed by atoms with E-state index in [1.54, 1.807) is 11.0 Å². The molecule has 23 heavy (non-hydrogen) atoms. The van der Waals surface area contributed by atoms with Gasteiger partial charge in [-0.25, -0.2) is 0 Å². The third kappa shape index (κ3) is 4.56. The van der Waals surface area contributed by atoms with Gasteiger partial charge in [0.2, 0.25) is 11.0 Å². The molecule has 0 saturated heterocycles. The lowest BCUT2D eigenvalue weighted by atomic mass is 10.3. The van der Waals surface area contributed by atoms with Crippen molar-refractivity contribution in [2.45, 2.75) is 23.2 Å². The van der Waals surface area contributed by atoms with E-state index >= 15 is 0 Å². The summed E-state index contributed by atoms with van der Waals surface area (Å²) in [6.07, 6.45) is 4.14. The van der Waals surface area contributed by atoms with E-state index < -0.39 is 0 Å². The first-order valence-electron chi connectivity index (χ1n) is 7.45. The minimum Gasteiger partial charge on any atom is -0.357 e. The average molecular weight is 346 g/mol. The number of para-hydroxylation sites is 1. The summed E-state index contributed by atoms with van der Waals surface area (Å²) in [4.78, 5) is 14.2. The summed E-state index contributed by atoms with van der Waals surface area (Å²) in [6, 6.07) is 10.2. The normalized spacial score (nSPS) is 13.6. The molecule has 0 spiro atoms. The fourth-order valence-corrected chi connectivity index (χ4v) is 3.72. The summed E-state index contributed by atoms with van der Waals surface area (Å²) < 4.78 is 0.813. The van der Waals surface area contributed by atoms with E-state index in [4.69, 9.17) is 0 Å². The van der Waals surface area contributed by atoms with Crippen LogP contribution in [0.15, 0.2) is 47.3 Å². The number of amides is 1. The van der Waals surface area contributed by atoms with Crippen molar-refractivity contribution in [3.63, 3.8) is 0 Å². The SMILES string of the molecule is C=CCN(C(=O)CSc1nnc(NC2CC2)s1)c1ccccc1. The average Bonchev–Trinajstić information content (AvgIpc) is 3.28. The van der Waals surface area contributed by atoms with E-state index in [-0.39, 0.29) is 5.91 Å². The zero-order valence-electron chi connectivity index (χ0n) is 12.6. The number of nitrogens with zero attached hydrogens (tertiary/aromatic N) is 3. The number of hydrogen-bond donors (Lipinski definition) is 1. The number of thioether (sulfide) groups is 1. The van der Waals surface area contributed by atoms with E-state index in [9.17, 15) is 4.79 Å². The van der Waals surface area contributed by atoms with E-state index in [1.807, 2.05) is 30.3 Å². The van der Waals surface area contributed by atoms with Gasteiger partial charge >= 0.3 is 0 Å². The molecule has 7 heteroatoms. The molecule has 1 aromatic heterocycles. The van der Waals surface area contributed by atoms with Crippen LogP contribution in [0.5, 0.6) is 0 Å². The second-order valence-electron chi connectivity index (χ2n) is 5.21. The summed E-state index contributed by atoms with van der Waals surface area (Å²) >= 11 is 2.93. The van der Waals surface area contributed by atoms with Crippen molar-refractivity contribution in [1.82, 2.24) is 10.2 Å². The van der Waals surface area contributed by atoms with Crippen LogP contribution in [0.3, 0.4) is 0 Å². The van der Waals surface area contributed by atoms with Crippen LogP contribution in [0, 0.1) is 0 Å². The molecule has 0 aliphatic heterocycles. The van der Waals surface area contributed by atoms with Gasteiger partial charge < -0.3 is 10.2 Å². The standard InChI is InChI=1S/C16H18N4OS2/c1-2-10-20(13-6-4-3-5-7-13)14(21)11-22-16-19-18-15(23-16)17-12-8-9-12/h2-7,12H,1,8-11H2,(H,17,18). The minimum absolute atomic E-state index is 0.0352. The maximum Gasteiger partial charge on any atom is 0.237 e. The van der Waals surface area contributed by atoms with Gasteiger partial charge in [0.15, 0.2) is 4.34 Å². The molecule has 1 aliphatic carbocycles. The highest BCUT2D eigenvalue weighted by atomic mass is 32.2. The van der Waals surface area contributed by atoms with E-state index in [0.717, 1.165) is 15.2 Å². The molecule has 0 atom stereocenters. The molecule has 1 aliphatic rings. The molecule has 120 valence electrons. The second kappa shape index (κ2) is 7.61. The summed E-state index contributed by atoms with van der Waals surface area (Å²) in [6.45, 7) is 4.23. The predicted molar refractivity (Wildman–Crippen MR) is 96.3 cm³/mol. The van der Waals surface area contributed by atoms with Gasteiger partial charge in [0.05, 0.1) is 5.75 Å². The molecule has 1 N–H and O–H groups in total. The van der Waals surface area contributed by atoms with E-state index in [2.05, 4.69) is 22.1 Å². The number of benzene rings is 1. The Morgan fingerprint density at radius 2 is 2.17 bits per heavy atom. The predicted octanol–water partition coefficient (Wildman–Crippen LogP) is 3.42. The highest BCUT2D eigenvalue weighted by molar-refractivity contribution is 8.01. The molecular weight excluding hydrogens is 328 g/mol. The fraction of sp³-hybridized carbons (Fsp3) is 0.312. The quantitative estimate of drug-likeness (QED) is 0.586. The number of rotatable bonds is 8. The van der Waals surface area contributed by atoms with Crippen LogP contribution in [0.2, 0.25) is 0 Å². The number of nitrogens with one attached hydrogen (secondary N) is 1. The van der Waals surface area contributed by atoms with Gasteiger partial charge in [-0.15, -0.1) is 16.8 Å². The monoisotopic (exact) mass is 346 g/mol. The molecule has 1 fully saturated rings. The number of anilines is 2. The Morgan fingerprint density at radius 3 is 2.87 bits per heavy atom. The highest BCUT2D eigenvalue weighted by Crippen LogP contribution is 2.30. The minimum atomic E-state index is 0.0352. The maximum atomic E-state index is 12.5. The smallest absolute Gasteiger partial charge is 0.237 e. The molecule has 3 rings (SSSR count). The maximum absolute atomic E-state index is 12.5. The van der Waals surface area contributed by atoms with E-state index in [0.29, 0.717) is 18.3 Å². The number of carbonyl (C=O) groups excluding carboxylic acids is 1. The molecule has 0 unspecified atom stereocenters. The van der Waals surface area contributed by atoms with Gasteiger partial charge in [-0.3, -0.25) is 4.79 Å². The van der Waals surface area contributed by atoms with Gasteiger partial charge in [0.25, 0.3) is 0 Å². The van der Waals surface area contributed by atoms with Crippen LogP contribution in [0.1, 0.15) is 12.8 Å². The summed E-state index contributed by atoms with van der Waals surface area (Å²) in [5, 5.41) is 12.4. The molecule has 0 radical (unpaired) electrons. The molecule has 1 heterocycles. The van der Waals surface area contributed by atoms with Crippen molar-refractivity contribution in [3.8, 4) is 0 Å². The molecule has 1 saturated carbocycles. The Labute approximate surface area is 143 Å². The highest BCUT2D eigenvalue weighted by Gasteiger charge is 2.22. The van der Waals surface area contributed by atoms with Crippen molar-refractivity contribution >= 4 is 39.8 Å². The Hall–Kier alpha value is -1.86. The molecular formula is C16H18N4OS2. The van der Waals surface area contributed by atoms with Crippen LogP contribution in [0.25, 0.3) is 0 Å². The van der Waals surface area contributed by atoms with Crippen LogP contribution in [0.4, 0.5) is 10.8 Å². The van der Waals surface area contributed by atoms with Crippen LogP contribution >= 0.6 is 23.1 Å². The Morgan fingerprint density at radius 1 is 1.39 bits per heavy atom. The summed E-state index contributed by atoms with van der Waals surface area (Å²) in [5.74, 6) is 0.369. The van der Waals surface area contributed by atoms with E-state index in [1.165, 1.54) is 35.9 Å². The molecule has 1 aromatic carbocycles. The first-order valence-corrected chi connectivity index (χ1v) is 9.25. The second-order valence-corrected chi connectivity index (χ2v) is 7.41. The first kappa shape index (κ1) is 16.0. The Bertz CT molecular complexity index is 670. The van der Waals surface area contributed by atoms with Crippen LogP contribution < -0.4 is 10.2 Å². The Balaban J connectivity index is 1.58. The zero-order valence-corrected chi connectivity index (χ0v) is 14.3. The third-order valence-corrected chi connectivity index (χ3v) is 5.28. The largest absolute Gasteiger partial charge is 0.357 e. The van der Waals surface area contributed by atoms with Crippen molar-refractivity contribution in [2.75, 3.05) is 22.5 Å². The first-order chi connectivity index (χ1) is 11.3. The molecule has 5 nitrogen and oxygen atoms in total. The van der Waals surface area contributed by atoms with Crippen molar-refractivity contribution in [1.29, 1.82) is 0 Å². The van der Waals surface area contributed by atoms with Crippen LogP contribution in [-0.4, -0.2) is 34.4 Å². The van der Waals surface area contributed by atoms with Gasteiger partial charge in [-0.05, 0) is 25.0 Å². The molecule has 1 amide bonds. The summed E-state index contributed by atoms with van der Waals surface area (Å²) in [5.41, 5.74) is 0.881. The molecule has 0 bridgehead atoms. The lowest BCUT2D eigenvalue weighted by molar-refractivity contribution is -0.116. The zero-order chi connectivity index (χ0) is 16.1. The van der Waals surface area contributed by atoms with Gasteiger partial charge in [-0.1, -0.05) is 47.4 Å². The number of hydrogen-bond acceptors (Lipinski definition) is 6. The summed E-state index contributed by atoms with van der Waals surface area (Å²) in [7, 11) is 0. The lowest BCUT2D eigenvalue weighted by Crippen LogP contribution is -2.32. The van der Waals surface area contributed by atoms with Gasteiger partial charge in [0.1, 0.15) is 0 Å². The van der Waals surface area contributed by atoms with Crippen molar-refractivity contribution < 1.29 is 4.79 Å². The van der Waals surface area contributed by atoms with Crippen molar-refractivity contribution in [3.05, 3.63) is 43.0 Å².